The Bertz CT molecular complexity index is 530. The molecule has 0 aromatic carbocycles. The van der Waals surface area contributed by atoms with E-state index in [-0.39, 0.29) is 24.6 Å². The summed E-state index contributed by atoms with van der Waals surface area (Å²) in [5.41, 5.74) is -0.879. The van der Waals surface area contributed by atoms with Gasteiger partial charge in [0.2, 0.25) is 0 Å². The number of epoxide rings is 1. The van der Waals surface area contributed by atoms with Gasteiger partial charge in [-0.25, -0.2) is 0 Å². The van der Waals surface area contributed by atoms with E-state index in [0.717, 1.165) is 19.3 Å². The standard InChI is InChI=1S/C19H30O6/c1-4-23-17(21)14-10-18(2,22)7-6-13(14)16(20)24-11-12-5-8-19(3)15(9-12)25-19/h12-15,22H,4-11H2,1-3H3. The van der Waals surface area contributed by atoms with Gasteiger partial charge in [0.25, 0.3) is 0 Å². The maximum Gasteiger partial charge on any atom is 0.309 e. The molecule has 3 fully saturated rings. The molecule has 6 nitrogen and oxygen atoms in total. The lowest BCUT2D eigenvalue weighted by Crippen LogP contribution is -2.44. The van der Waals surface area contributed by atoms with Crippen LogP contribution in [0.4, 0.5) is 0 Å². The highest BCUT2D eigenvalue weighted by atomic mass is 16.6. The molecule has 2 saturated carbocycles. The van der Waals surface area contributed by atoms with Crippen LogP contribution in [0.5, 0.6) is 0 Å². The summed E-state index contributed by atoms with van der Waals surface area (Å²) in [5.74, 6) is -1.57. The van der Waals surface area contributed by atoms with Gasteiger partial charge in [0.1, 0.15) is 0 Å². The molecule has 2 aliphatic carbocycles. The lowest BCUT2D eigenvalue weighted by atomic mass is 9.72. The summed E-state index contributed by atoms with van der Waals surface area (Å²) in [6.07, 6.45) is 4.43. The van der Waals surface area contributed by atoms with Gasteiger partial charge in [0, 0.05) is 0 Å². The highest BCUT2D eigenvalue weighted by molar-refractivity contribution is 5.82. The minimum absolute atomic E-state index is 0.0600. The molecule has 6 heteroatoms. The Morgan fingerprint density at radius 3 is 2.52 bits per heavy atom. The van der Waals surface area contributed by atoms with Crippen LogP contribution in [0.15, 0.2) is 0 Å². The number of esters is 2. The summed E-state index contributed by atoms with van der Waals surface area (Å²) in [4.78, 5) is 24.8. The van der Waals surface area contributed by atoms with E-state index in [9.17, 15) is 14.7 Å². The summed E-state index contributed by atoms with van der Waals surface area (Å²) in [6, 6.07) is 0. The molecule has 6 unspecified atom stereocenters. The number of fused-ring (bicyclic) bond motifs is 1. The van der Waals surface area contributed by atoms with Crippen molar-refractivity contribution in [3.8, 4) is 0 Å². The molecular weight excluding hydrogens is 324 g/mol. The minimum Gasteiger partial charge on any atom is -0.466 e. The predicted octanol–water partition coefficient (Wildman–Crippen LogP) is 2.22. The highest BCUT2D eigenvalue weighted by Crippen LogP contribution is 2.49. The number of ether oxygens (including phenoxy) is 3. The topological polar surface area (TPSA) is 85.4 Å². The van der Waals surface area contributed by atoms with E-state index in [4.69, 9.17) is 14.2 Å². The normalized spacial score (nSPS) is 43.0. The Balaban J connectivity index is 1.54. The smallest absolute Gasteiger partial charge is 0.309 e. The second kappa shape index (κ2) is 6.88. The van der Waals surface area contributed by atoms with E-state index in [0.29, 0.717) is 31.5 Å². The van der Waals surface area contributed by atoms with Gasteiger partial charge in [-0.1, -0.05) is 0 Å². The van der Waals surface area contributed by atoms with Crippen molar-refractivity contribution in [2.45, 2.75) is 76.6 Å². The zero-order valence-corrected chi connectivity index (χ0v) is 15.5. The van der Waals surface area contributed by atoms with Crippen LogP contribution in [0.1, 0.15) is 59.3 Å². The number of carbonyl (C=O) groups excluding carboxylic acids is 2. The van der Waals surface area contributed by atoms with Crippen molar-refractivity contribution in [2.24, 2.45) is 17.8 Å². The lowest BCUT2D eigenvalue weighted by Gasteiger charge is -2.37. The molecule has 0 aromatic rings. The monoisotopic (exact) mass is 354 g/mol. The number of rotatable bonds is 5. The Kier molecular flexibility index (Phi) is 5.13. The van der Waals surface area contributed by atoms with Crippen LogP contribution in [0.2, 0.25) is 0 Å². The summed E-state index contributed by atoms with van der Waals surface area (Å²) < 4.78 is 16.4. The lowest BCUT2D eigenvalue weighted by molar-refractivity contribution is -0.168. The fraction of sp³-hybridized carbons (Fsp3) is 0.895. The van der Waals surface area contributed by atoms with Crippen LogP contribution < -0.4 is 0 Å². The van der Waals surface area contributed by atoms with Crippen molar-refractivity contribution >= 4 is 11.9 Å². The van der Waals surface area contributed by atoms with Crippen LogP contribution in [-0.2, 0) is 23.8 Å². The van der Waals surface area contributed by atoms with E-state index < -0.39 is 23.4 Å². The van der Waals surface area contributed by atoms with E-state index >= 15 is 0 Å². The van der Waals surface area contributed by atoms with Gasteiger partial charge < -0.3 is 19.3 Å². The first-order valence-corrected chi connectivity index (χ1v) is 9.47. The van der Waals surface area contributed by atoms with Crippen LogP contribution in [0, 0.1) is 17.8 Å². The Morgan fingerprint density at radius 1 is 1.12 bits per heavy atom. The largest absolute Gasteiger partial charge is 0.466 e. The second-order valence-corrected chi connectivity index (χ2v) is 8.39. The van der Waals surface area contributed by atoms with Crippen molar-refractivity contribution in [3.63, 3.8) is 0 Å². The first-order valence-electron chi connectivity index (χ1n) is 9.47. The summed E-state index contributed by atoms with van der Waals surface area (Å²) in [7, 11) is 0. The zero-order chi connectivity index (χ0) is 18.2. The summed E-state index contributed by atoms with van der Waals surface area (Å²) >= 11 is 0. The van der Waals surface area contributed by atoms with Crippen LogP contribution in [0.3, 0.4) is 0 Å². The molecule has 0 aromatic heterocycles. The van der Waals surface area contributed by atoms with E-state index in [1.165, 1.54) is 0 Å². The van der Waals surface area contributed by atoms with Crippen molar-refractivity contribution < 1.29 is 28.9 Å². The number of hydrogen-bond acceptors (Lipinski definition) is 6. The van der Waals surface area contributed by atoms with Gasteiger partial charge >= 0.3 is 11.9 Å². The van der Waals surface area contributed by atoms with Crippen LogP contribution >= 0.6 is 0 Å². The summed E-state index contributed by atoms with van der Waals surface area (Å²) in [5, 5.41) is 10.3. The van der Waals surface area contributed by atoms with Gasteiger partial charge in [-0.05, 0) is 65.2 Å². The summed E-state index contributed by atoms with van der Waals surface area (Å²) in [6.45, 7) is 6.23. The molecule has 1 heterocycles. The average molecular weight is 354 g/mol. The van der Waals surface area contributed by atoms with Crippen molar-refractivity contribution in [1.29, 1.82) is 0 Å². The second-order valence-electron chi connectivity index (χ2n) is 8.39. The molecule has 0 bridgehead atoms. The van der Waals surface area contributed by atoms with Gasteiger partial charge in [-0.15, -0.1) is 0 Å². The fourth-order valence-corrected chi connectivity index (χ4v) is 4.34. The van der Waals surface area contributed by atoms with Crippen molar-refractivity contribution in [2.75, 3.05) is 13.2 Å². The van der Waals surface area contributed by atoms with Gasteiger partial charge in [0.05, 0.1) is 42.4 Å². The maximum absolute atomic E-state index is 12.6. The number of aliphatic hydroxyl groups is 1. The quantitative estimate of drug-likeness (QED) is 0.602. The maximum atomic E-state index is 12.6. The average Bonchev–Trinajstić information content (AvgIpc) is 3.22. The molecule has 142 valence electrons. The molecule has 0 radical (unpaired) electrons. The third-order valence-electron chi connectivity index (χ3n) is 6.12. The Morgan fingerprint density at radius 2 is 1.84 bits per heavy atom. The predicted molar refractivity (Wildman–Crippen MR) is 89.7 cm³/mol. The molecule has 3 rings (SSSR count). The first kappa shape index (κ1) is 18.6. The molecule has 3 aliphatic rings. The van der Waals surface area contributed by atoms with Gasteiger partial charge in [0.15, 0.2) is 0 Å². The third-order valence-corrected chi connectivity index (χ3v) is 6.12. The van der Waals surface area contributed by atoms with Crippen molar-refractivity contribution in [1.82, 2.24) is 0 Å². The number of carbonyl (C=O) groups is 2. The molecular formula is C19H30O6. The van der Waals surface area contributed by atoms with E-state index in [2.05, 4.69) is 6.92 Å². The molecule has 1 N–H and O–H groups in total. The first-order chi connectivity index (χ1) is 11.7. The zero-order valence-electron chi connectivity index (χ0n) is 15.5. The van der Waals surface area contributed by atoms with Gasteiger partial charge in [-0.3, -0.25) is 9.59 Å². The van der Waals surface area contributed by atoms with Crippen molar-refractivity contribution in [3.05, 3.63) is 0 Å². The molecule has 1 saturated heterocycles. The molecule has 1 aliphatic heterocycles. The minimum atomic E-state index is -0.939. The third kappa shape index (κ3) is 4.17. The molecule has 0 amide bonds. The molecule has 0 spiro atoms. The van der Waals surface area contributed by atoms with Gasteiger partial charge in [-0.2, -0.15) is 0 Å². The van der Waals surface area contributed by atoms with Crippen LogP contribution in [0.25, 0.3) is 0 Å². The SMILES string of the molecule is CCOC(=O)C1CC(C)(O)CCC1C(=O)OCC1CCC2(C)OC2C1. The number of hydrogen-bond donors (Lipinski definition) is 1. The molecule has 6 atom stereocenters. The Labute approximate surface area is 149 Å². The molecule has 25 heavy (non-hydrogen) atoms. The Hall–Kier alpha value is -1.14. The van der Waals surface area contributed by atoms with E-state index in [1.54, 1.807) is 13.8 Å². The highest BCUT2D eigenvalue weighted by Gasteiger charge is 2.55. The van der Waals surface area contributed by atoms with Crippen LogP contribution in [-0.4, -0.2) is 47.6 Å². The fourth-order valence-electron chi connectivity index (χ4n) is 4.34. The van der Waals surface area contributed by atoms with E-state index in [1.807, 2.05) is 0 Å².